The van der Waals surface area contributed by atoms with Gasteiger partial charge in [-0.2, -0.15) is 5.10 Å². The van der Waals surface area contributed by atoms with Gasteiger partial charge in [0, 0.05) is 23.5 Å². The molecule has 0 aliphatic rings. The van der Waals surface area contributed by atoms with E-state index < -0.39 is 0 Å². The SMILES string of the molecule is CCOc1ccc(-c2[nH]nc(N)c2-c2cccnc2)cc1. The number of H-pyrrole nitrogens is 1. The Morgan fingerprint density at radius 2 is 1.95 bits per heavy atom. The second kappa shape index (κ2) is 5.66. The van der Waals surface area contributed by atoms with Gasteiger partial charge in [-0.15, -0.1) is 0 Å². The van der Waals surface area contributed by atoms with Crippen LogP contribution in [0.3, 0.4) is 0 Å². The topological polar surface area (TPSA) is 76.8 Å². The molecule has 0 fully saturated rings. The fraction of sp³-hybridized carbons (Fsp3) is 0.125. The van der Waals surface area contributed by atoms with Gasteiger partial charge in [-0.05, 0) is 37.3 Å². The zero-order valence-electron chi connectivity index (χ0n) is 11.7. The first kappa shape index (κ1) is 13.2. The van der Waals surface area contributed by atoms with E-state index in [2.05, 4.69) is 15.2 Å². The molecule has 21 heavy (non-hydrogen) atoms. The van der Waals surface area contributed by atoms with Crippen molar-refractivity contribution in [1.29, 1.82) is 0 Å². The van der Waals surface area contributed by atoms with Crippen LogP contribution in [0, 0.1) is 0 Å². The van der Waals surface area contributed by atoms with Crippen LogP contribution in [0.25, 0.3) is 22.4 Å². The molecule has 0 aliphatic heterocycles. The van der Waals surface area contributed by atoms with Crippen LogP contribution in [0.15, 0.2) is 48.8 Å². The van der Waals surface area contributed by atoms with Crippen molar-refractivity contribution >= 4 is 5.82 Å². The smallest absolute Gasteiger partial charge is 0.153 e. The van der Waals surface area contributed by atoms with Gasteiger partial charge in [0.2, 0.25) is 0 Å². The van der Waals surface area contributed by atoms with Crippen LogP contribution in [0.4, 0.5) is 5.82 Å². The van der Waals surface area contributed by atoms with Crippen molar-refractivity contribution in [2.45, 2.75) is 6.92 Å². The Labute approximate surface area is 122 Å². The summed E-state index contributed by atoms with van der Waals surface area (Å²) in [7, 11) is 0. The van der Waals surface area contributed by atoms with Gasteiger partial charge in [-0.25, -0.2) is 0 Å². The third-order valence-corrected chi connectivity index (χ3v) is 3.20. The number of benzene rings is 1. The molecule has 0 radical (unpaired) electrons. The summed E-state index contributed by atoms with van der Waals surface area (Å²) in [6, 6.07) is 11.7. The van der Waals surface area contributed by atoms with Crippen molar-refractivity contribution in [3.05, 3.63) is 48.8 Å². The highest BCUT2D eigenvalue weighted by molar-refractivity contribution is 5.87. The molecule has 0 saturated carbocycles. The molecule has 3 N–H and O–H groups in total. The van der Waals surface area contributed by atoms with Gasteiger partial charge in [0.15, 0.2) is 5.82 Å². The summed E-state index contributed by atoms with van der Waals surface area (Å²) in [5.74, 6) is 1.31. The second-order valence-corrected chi connectivity index (χ2v) is 4.56. The number of nitrogens with one attached hydrogen (secondary N) is 1. The molecule has 5 nitrogen and oxygen atoms in total. The third-order valence-electron chi connectivity index (χ3n) is 3.20. The molecule has 0 aliphatic carbocycles. The minimum Gasteiger partial charge on any atom is -0.494 e. The van der Waals surface area contributed by atoms with E-state index >= 15 is 0 Å². The number of ether oxygens (including phenoxy) is 1. The van der Waals surface area contributed by atoms with Crippen molar-refractivity contribution in [3.8, 4) is 28.1 Å². The molecular formula is C16H16N4O. The number of nitrogens with two attached hydrogens (primary N) is 1. The van der Waals surface area contributed by atoms with E-state index in [9.17, 15) is 0 Å². The largest absolute Gasteiger partial charge is 0.494 e. The van der Waals surface area contributed by atoms with Crippen LogP contribution in [-0.4, -0.2) is 21.8 Å². The van der Waals surface area contributed by atoms with E-state index in [4.69, 9.17) is 10.5 Å². The molecule has 2 heterocycles. The van der Waals surface area contributed by atoms with Gasteiger partial charge in [-0.3, -0.25) is 10.1 Å². The Balaban J connectivity index is 2.03. The maximum absolute atomic E-state index is 5.99. The normalized spacial score (nSPS) is 10.5. The van der Waals surface area contributed by atoms with Gasteiger partial charge in [0.25, 0.3) is 0 Å². The summed E-state index contributed by atoms with van der Waals surface area (Å²) in [5, 5.41) is 7.12. The number of rotatable bonds is 4. The quantitative estimate of drug-likeness (QED) is 0.769. The molecule has 5 heteroatoms. The van der Waals surface area contributed by atoms with E-state index in [0.29, 0.717) is 12.4 Å². The number of aromatic amines is 1. The Kier molecular flexibility index (Phi) is 3.55. The van der Waals surface area contributed by atoms with Crippen molar-refractivity contribution in [2.75, 3.05) is 12.3 Å². The number of nitrogens with zero attached hydrogens (tertiary/aromatic N) is 2. The molecule has 0 amide bonds. The lowest BCUT2D eigenvalue weighted by Gasteiger charge is -2.06. The van der Waals surface area contributed by atoms with E-state index in [0.717, 1.165) is 28.1 Å². The first-order valence-corrected chi connectivity index (χ1v) is 6.77. The van der Waals surface area contributed by atoms with Crippen molar-refractivity contribution in [2.24, 2.45) is 0 Å². The van der Waals surface area contributed by atoms with Crippen LogP contribution in [0.1, 0.15) is 6.92 Å². The summed E-state index contributed by atoms with van der Waals surface area (Å²) in [6.45, 7) is 2.61. The first-order chi connectivity index (χ1) is 10.3. The zero-order chi connectivity index (χ0) is 14.7. The lowest BCUT2D eigenvalue weighted by atomic mass is 10.0. The molecule has 0 spiro atoms. The summed E-state index contributed by atoms with van der Waals surface area (Å²) in [5.41, 5.74) is 9.68. The highest BCUT2D eigenvalue weighted by Gasteiger charge is 2.14. The summed E-state index contributed by atoms with van der Waals surface area (Å²) >= 11 is 0. The molecule has 106 valence electrons. The number of hydrogen-bond acceptors (Lipinski definition) is 4. The van der Waals surface area contributed by atoms with Crippen molar-refractivity contribution in [1.82, 2.24) is 15.2 Å². The monoisotopic (exact) mass is 280 g/mol. The van der Waals surface area contributed by atoms with Gasteiger partial charge in [0.1, 0.15) is 5.75 Å². The minimum atomic E-state index is 0.465. The maximum Gasteiger partial charge on any atom is 0.153 e. The molecule has 1 aromatic carbocycles. The maximum atomic E-state index is 5.99. The third kappa shape index (κ3) is 2.58. The average molecular weight is 280 g/mol. The first-order valence-electron chi connectivity index (χ1n) is 6.77. The summed E-state index contributed by atoms with van der Waals surface area (Å²) in [4.78, 5) is 4.14. The zero-order valence-corrected chi connectivity index (χ0v) is 11.7. The molecule has 0 saturated heterocycles. The lowest BCUT2D eigenvalue weighted by Crippen LogP contribution is -1.91. The van der Waals surface area contributed by atoms with Gasteiger partial charge >= 0.3 is 0 Å². The fourth-order valence-corrected chi connectivity index (χ4v) is 2.25. The van der Waals surface area contributed by atoms with Gasteiger partial charge < -0.3 is 10.5 Å². The molecule has 2 aromatic heterocycles. The fourth-order valence-electron chi connectivity index (χ4n) is 2.25. The van der Waals surface area contributed by atoms with Crippen molar-refractivity contribution < 1.29 is 4.74 Å². The Morgan fingerprint density at radius 1 is 1.14 bits per heavy atom. The molecular weight excluding hydrogens is 264 g/mol. The molecule has 3 rings (SSSR count). The summed E-state index contributed by atoms with van der Waals surface area (Å²) < 4.78 is 5.46. The standard InChI is InChI=1S/C16H16N4O/c1-2-21-13-7-5-11(6-8-13)15-14(16(17)20-19-15)12-4-3-9-18-10-12/h3-10H,2H2,1H3,(H3,17,19,20). The van der Waals surface area contributed by atoms with Gasteiger partial charge in [0.05, 0.1) is 17.9 Å². The average Bonchev–Trinajstić information content (AvgIpc) is 2.91. The predicted octanol–water partition coefficient (Wildman–Crippen LogP) is 3.12. The molecule has 0 unspecified atom stereocenters. The molecule has 3 aromatic rings. The Morgan fingerprint density at radius 3 is 2.62 bits per heavy atom. The van der Waals surface area contributed by atoms with Crippen LogP contribution in [0.5, 0.6) is 5.75 Å². The van der Waals surface area contributed by atoms with Crippen LogP contribution in [0.2, 0.25) is 0 Å². The van der Waals surface area contributed by atoms with Gasteiger partial charge in [-0.1, -0.05) is 6.07 Å². The lowest BCUT2D eigenvalue weighted by molar-refractivity contribution is 0.340. The number of nitrogen functional groups attached to an aromatic ring is 1. The molecule has 0 atom stereocenters. The van der Waals surface area contributed by atoms with Crippen LogP contribution < -0.4 is 10.5 Å². The van der Waals surface area contributed by atoms with E-state index in [1.54, 1.807) is 12.4 Å². The van der Waals surface area contributed by atoms with Crippen LogP contribution in [-0.2, 0) is 0 Å². The van der Waals surface area contributed by atoms with E-state index in [1.165, 1.54) is 0 Å². The Bertz CT molecular complexity index is 720. The van der Waals surface area contributed by atoms with Crippen LogP contribution >= 0.6 is 0 Å². The molecule has 0 bridgehead atoms. The number of aromatic nitrogens is 3. The highest BCUT2D eigenvalue weighted by Crippen LogP contribution is 2.34. The van der Waals surface area contributed by atoms with E-state index in [1.807, 2.05) is 43.3 Å². The highest BCUT2D eigenvalue weighted by atomic mass is 16.5. The van der Waals surface area contributed by atoms with Crippen molar-refractivity contribution in [3.63, 3.8) is 0 Å². The van der Waals surface area contributed by atoms with E-state index in [-0.39, 0.29) is 0 Å². The Hall–Kier alpha value is -2.82. The second-order valence-electron chi connectivity index (χ2n) is 4.56. The number of hydrogen-bond donors (Lipinski definition) is 2. The number of anilines is 1. The minimum absolute atomic E-state index is 0.465. The number of pyridine rings is 1. The predicted molar refractivity (Wildman–Crippen MR) is 82.8 cm³/mol. The summed E-state index contributed by atoms with van der Waals surface area (Å²) in [6.07, 6.45) is 3.51.